The molecule has 0 bridgehead atoms. The van der Waals surface area contributed by atoms with Gasteiger partial charge in [-0.25, -0.2) is 17.5 Å². The first kappa shape index (κ1) is 17.4. The molecule has 0 radical (unpaired) electrons. The van der Waals surface area contributed by atoms with Crippen LogP contribution in [0.4, 0.5) is 4.39 Å². The number of rotatable bonds is 6. The van der Waals surface area contributed by atoms with E-state index in [1.54, 1.807) is 11.3 Å². The van der Waals surface area contributed by atoms with Crippen molar-refractivity contribution >= 4 is 21.4 Å². The summed E-state index contributed by atoms with van der Waals surface area (Å²) in [5.41, 5.74) is -0.165. The van der Waals surface area contributed by atoms with E-state index in [1.807, 2.05) is 11.4 Å². The Bertz CT molecular complexity index is 797. The lowest BCUT2D eigenvalue weighted by molar-refractivity contribution is 0.399. The third kappa shape index (κ3) is 3.34. The molecule has 0 unspecified atom stereocenters. The maximum atomic E-state index is 13.5. The molecule has 4 nitrogen and oxygen atoms in total. The van der Waals surface area contributed by atoms with E-state index in [0.29, 0.717) is 6.54 Å². The normalized spacial score (nSPS) is 17.1. The Morgan fingerprint density at radius 1 is 1.29 bits per heavy atom. The van der Waals surface area contributed by atoms with E-state index in [0.717, 1.165) is 31.7 Å². The zero-order valence-electron chi connectivity index (χ0n) is 13.4. The second-order valence-electron chi connectivity index (χ2n) is 6.08. The van der Waals surface area contributed by atoms with Gasteiger partial charge in [-0.3, -0.25) is 0 Å². The second-order valence-corrected chi connectivity index (χ2v) is 8.77. The molecule has 2 aromatic rings. The largest absolute Gasteiger partial charge is 0.495 e. The van der Waals surface area contributed by atoms with Crippen molar-refractivity contribution in [3.8, 4) is 5.75 Å². The molecular formula is C17H20FNO3S2. The van der Waals surface area contributed by atoms with Crippen molar-refractivity contribution < 1.29 is 17.5 Å². The molecule has 0 saturated heterocycles. The van der Waals surface area contributed by atoms with Crippen LogP contribution in [0.25, 0.3) is 0 Å². The molecule has 1 fully saturated rings. The number of thiophene rings is 1. The van der Waals surface area contributed by atoms with Gasteiger partial charge in [-0.1, -0.05) is 18.9 Å². The zero-order chi connectivity index (χ0) is 17.2. The van der Waals surface area contributed by atoms with Gasteiger partial charge >= 0.3 is 0 Å². The van der Waals surface area contributed by atoms with Crippen molar-refractivity contribution in [2.75, 3.05) is 13.7 Å². The summed E-state index contributed by atoms with van der Waals surface area (Å²) in [5.74, 6) is -0.467. The summed E-state index contributed by atoms with van der Waals surface area (Å²) in [6.45, 7) is 0.315. The fourth-order valence-electron chi connectivity index (χ4n) is 3.31. The highest BCUT2D eigenvalue weighted by molar-refractivity contribution is 7.89. The predicted octanol–water partition coefficient (Wildman–Crippen LogP) is 3.69. The Hall–Kier alpha value is -1.44. The van der Waals surface area contributed by atoms with Crippen LogP contribution in [0.15, 0.2) is 40.6 Å². The van der Waals surface area contributed by atoms with Crippen LogP contribution in [0.5, 0.6) is 5.75 Å². The molecule has 0 amide bonds. The van der Waals surface area contributed by atoms with Gasteiger partial charge < -0.3 is 4.74 Å². The molecule has 3 rings (SSSR count). The minimum Gasteiger partial charge on any atom is -0.495 e. The number of hydrogen-bond donors (Lipinski definition) is 1. The average molecular weight is 369 g/mol. The smallest absolute Gasteiger partial charge is 0.244 e. The number of nitrogens with one attached hydrogen (secondary N) is 1. The highest BCUT2D eigenvalue weighted by atomic mass is 32.2. The standard InChI is InChI=1S/C17H20FNO3S2/c1-22-14-7-6-13(18)11-15(14)24(20,21)19-12-17(8-2-3-9-17)16-5-4-10-23-16/h4-7,10-11,19H,2-3,8-9,12H2,1H3. The highest BCUT2D eigenvalue weighted by Crippen LogP contribution is 2.43. The van der Waals surface area contributed by atoms with Gasteiger partial charge in [-0.2, -0.15) is 0 Å². The van der Waals surface area contributed by atoms with Gasteiger partial charge in [-0.05, 0) is 42.5 Å². The first-order chi connectivity index (χ1) is 11.5. The third-order valence-electron chi connectivity index (χ3n) is 4.62. The molecule has 1 aliphatic carbocycles. The number of hydrogen-bond acceptors (Lipinski definition) is 4. The van der Waals surface area contributed by atoms with E-state index >= 15 is 0 Å². The van der Waals surface area contributed by atoms with E-state index in [1.165, 1.54) is 24.1 Å². The summed E-state index contributed by atoms with van der Waals surface area (Å²) < 4.78 is 46.6. The molecule has 7 heteroatoms. The average Bonchev–Trinajstić information content (AvgIpc) is 3.25. The minimum atomic E-state index is -3.85. The first-order valence-electron chi connectivity index (χ1n) is 7.84. The molecule has 24 heavy (non-hydrogen) atoms. The quantitative estimate of drug-likeness (QED) is 0.845. The number of methoxy groups -OCH3 is 1. The number of sulfonamides is 1. The maximum absolute atomic E-state index is 13.5. The lowest BCUT2D eigenvalue weighted by atomic mass is 9.85. The summed E-state index contributed by atoms with van der Waals surface area (Å²) in [5, 5.41) is 2.01. The molecule has 0 spiro atoms. The number of halogens is 1. The monoisotopic (exact) mass is 369 g/mol. The summed E-state index contributed by atoms with van der Waals surface area (Å²) in [6, 6.07) is 7.56. The summed E-state index contributed by atoms with van der Waals surface area (Å²) in [6.07, 6.45) is 4.08. The first-order valence-corrected chi connectivity index (χ1v) is 10.2. The topological polar surface area (TPSA) is 55.4 Å². The SMILES string of the molecule is COc1ccc(F)cc1S(=O)(=O)NCC1(c2cccs2)CCCC1. The van der Waals surface area contributed by atoms with E-state index in [9.17, 15) is 12.8 Å². The lowest BCUT2D eigenvalue weighted by Gasteiger charge is -2.28. The molecule has 1 N–H and O–H groups in total. The summed E-state index contributed by atoms with van der Waals surface area (Å²) in [4.78, 5) is 1.04. The fourth-order valence-corrected chi connectivity index (χ4v) is 5.61. The Kier molecular flexibility index (Phi) is 4.94. The highest BCUT2D eigenvalue weighted by Gasteiger charge is 2.38. The second kappa shape index (κ2) is 6.82. The van der Waals surface area contributed by atoms with Crippen molar-refractivity contribution in [3.63, 3.8) is 0 Å². The van der Waals surface area contributed by atoms with Crippen LogP contribution in [-0.2, 0) is 15.4 Å². The van der Waals surface area contributed by atoms with Crippen LogP contribution in [-0.4, -0.2) is 22.1 Å². The maximum Gasteiger partial charge on any atom is 0.244 e. The Morgan fingerprint density at radius 3 is 2.67 bits per heavy atom. The van der Waals surface area contributed by atoms with Gasteiger partial charge in [0.2, 0.25) is 10.0 Å². The van der Waals surface area contributed by atoms with Crippen LogP contribution < -0.4 is 9.46 Å². The molecule has 0 aliphatic heterocycles. The van der Waals surface area contributed by atoms with Crippen LogP contribution in [0, 0.1) is 5.82 Å². The van der Waals surface area contributed by atoms with Crippen LogP contribution in [0.3, 0.4) is 0 Å². The van der Waals surface area contributed by atoms with Crippen molar-refractivity contribution in [2.24, 2.45) is 0 Å². The van der Waals surface area contributed by atoms with Gasteiger partial charge in [0.05, 0.1) is 7.11 Å². The van der Waals surface area contributed by atoms with Crippen LogP contribution >= 0.6 is 11.3 Å². The van der Waals surface area contributed by atoms with Gasteiger partial charge in [0.25, 0.3) is 0 Å². The predicted molar refractivity (Wildman–Crippen MR) is 92.6 cm³/mol. The summed E-state index contributed by atoms with van der Waals surface area (Å²) in [7, 11) is -2.48. The third-order valence-corrected chi connectivity index (χ3v) is 7.16. The Morgan fingerprint density at radius 2 is 2.04 bits per heavy atom. The number of benzene rings is 1. The van der Waals surface area contributed by atoms with Gasteiger partial charge in [-0.15, -0.1) is 11.3 Å². The van der Waals surface area contributed by atoms with Crippen molar-refractivity contribution in [3.05, 3.63) is 46.4 Å². The molecular weight excluding hydrogens is 349 g/mol. The molecule has 130 valence electrons. The van der Waals surface area contributed by atoms with Crippen molar-refractivity contribution in [2.45, 2.75) is 36.0 Å². The fraction of sp³-hybridized carbons (Fsp3) is 0.412. The van der Waals surface area contributed by atoms with Gasteiger partial charge in [0.1, 0.15) is 16.5 Å². The van der Waals surface area contributed by atoms with E-state index in [2.05, 4.69) is 10.8 Å². The Labute approximate surface area is 145 Å². The molecule has 1 aromatic carbocycles. The van der Waals surface area contributed by atoms with E-state index in [4.69, 9.17) is 4.74 Å². The van der Waals surface area contributed by atoms with Crippen LogP contribution in [0.1, 0.15) is 30.6 Å². The molecule has 0 atom stereocenters. The van der Waals surface area contributed by atoms with Gasteiger partial charge in [0, 0.05) is 16.8 Å². The Balaban J connectivity index is 1.86. The van der Waals surface area contributed by atoms with E-state index in [-0.39, 0.29) is 16.1 Å². The van der Waals surface area contributed by atoms with E-state index < -0.39 is 15.8 Å². The van der Waals surface area contributed by atoms with Crippen molar-refractivity contribution in [1.29, 1.82) is 0 Å². The van der Waals surface area contributed by atoms with Crippen LogP contribution in [0.2, 0.25) is 0 Å². The molecule has 1 aromatic heterocycles. The number of ether oxygens (including phenoxy) is 1. The summed E-state index contributed by atoms with van der Waals surface area (Å²) >= 11 is 1.66. The zero-order valence-corrected chi connectivity index (χ0v) is 15.1. The lowest BCUT2D eigenvalue weighted by Crippen LogP contribution is -2.38. The molecule has 1 aliphatic rings. The van der Waals surface area contributed by atoms with Crippen molar-refractivity contribution in [1.82, 2.24) is 4.72 Å². The minimum absolute atomic E-state index is 0.139. The molecule has 1 saturated carbocycles. The molecule has 1 heterocycles. The van der Waals surface area contributed by atoms with Gasteiger partial charge in [0.15, 0.2) is 0 Å².